The average Bonchev–Trinajstić information content (AvgIpc) is 2.80. The van der Waals surface area contributed by atoms with Gasteiger partial charge in [-0.3, -0.25) is 0 Å². The van der Waals surface area contributed by atoms with E-state index in [1.807, 2.05) is 18.2 Å². The van der Waals surface area contributed by atoms with Gasteiger partial charge in [0, 0.05) is 13.5 Å². The van der Waals surface area contributed by atoms with Crippen LogP contribution >= 0.6 is 0 Å². The zero-order valence-electron chi connectivity index (χ0n) is 10.6. The summed E-state index contributed by atoms with van der Waals surface area (Å²) in [5, 5.41) is 10.9. The molecule has 0 saturated carbocycles. The first kappa shape index (κ1) is 12.6. The molecular weight excluding hydrogens is 230 g/mol. The number of ether oxygens (including phenoxy) is 1. The molecule has 0 radical (unpaired) electrons. The molecule has 0 atom stereocenters. The first-order valence-electron chi connectivity index (χ1n) is 5.99. The van der Waals surface area contributed by atoms with Crippen molar-refractivity contribution in [1.82, 2.24) is 15.5 Å². The summed E-state index contributed by atoms with van der Waals surface area (Å²) in [7, 11) is 0. The molecule has 96 valence electrons. The van der Waals surface area contributed by atoms with Crippen LogP contribution in [-0.4, -0.2) is 16.7 Å². The van der Waals surface area contributed by atoms with E-state index in [-0.39, 0.29) is 0 Å². The lowest BCUT2D eigenvalue weighted by Crippen LogP contribution is -2.11. The molecule has 2 rings (SSSR count). The molecule has 0 spiro atoms. The summed E-state index contributed by atoms with van der Waals surface area (Å²) in [6.45, 7) is 5.93. The van der Waals surface area contributed by atoms with Crippen molar-refractivity contribution in [3.05, 3.63) is 41.6 Å². The Labute approximate surface area is 106 Å². The molecule has 0 unspecified atom stereocenters. The van der Waals surface area contributed by atoms with Crippen LogP contribution in [0.4, 0.5) is 0 Å². The Balaban J connectivity index is 1.92. The summed E-state index contributed by atoms with van der Waals surface area (Å²) in [4.78, 5) is 0. The molecule has 0 aliphatic carbocycles. The fraction of sp³-hybridized carbons (Fsp3) is 0.385. The second-order valence-electron chi connectivity index (χ2n) is 3.93. The summed E-state index contributed by atoms with van der Waals surface area (Å²) >= 11 is 0. The number of aromatic nitrogens is 2. The third-order valence-electron chi connectivity index (χ3n) is 2.41. The Hall–Kier alpha value is -1.88. The molecule has 5 nitrogen and oxygen atoms in total. The Bertz CT molecular complexity index is 496. The van der Waals surface area contributed by atoms with Gasteiger partial charge in [0.1, 0.15) is 5.75 Å². The quantitative estimate of drug-likeness (QED) is 0.846. The van der Waals surface area contributed by atoms with Gasteiger partial charge in [0.2, 0.25) is 5.89 Å². The van der Waals surface area contributed by atoms with Gasteiger partial charge in [0.25, 0.3) is 5.89 Å². The monoisotopic (exact) mass is 247 g/mol. The fourth-order valence-corrected chi connectivity index (χ4v) is 1.56. The van der Waals surface area contributed by atoms with Gasteiger partial charge in [-0.25, -0.2) is 0 Å². The molecule has 0 aliphatic rings. The molecule has 1 heterocycles. The summed E-state index contributed by atoms with van der Waals surface area (Å²) in [5.74, 6) is 1.85. The van der Waals surface area contributed by atoms with E-state index >= 15 is 0 Å². The lowest BCUT2D eigenvalue weighted by atomic mass is 10.2. The van der Waals surface area contributed by atoms with Crippen molar-refractivity contribution < 1.29 is 9.15 Å². The third-order valence-corrected chi connectivity index (χ3v) is 2.41. The number of nitrogens with zero attached hydrogens (tertiary/aromatic N) is 2. The topological polar surface area (TPSA) is 60.2 Å². The van der Waals surface area contributed by atoms with E-state index in [0.717, 1.165) is 18.8 Å². The lowest BCUT2D eigenvalue weighted by molar-refractivity contribution is 0.260. The Morgan fingerprint density at radius 1 is 1.33 bits per heavy atom. The molecule has 0 fully saturated rings. The van der Waals surface area contributed by atoms with Gasteiger partial charge in [-0.2, -0.15) is 0 Å². The van der Waals surface area contributed by atoms with Crippen LogP contribution in [0.25, 0.3) is 0 Å². The number of hydrogen-bond acceptors (Lipinski definition) is 5. The number of rotatable bonds is 6. The minimum atomic E-state index is 0.297. The van der Waals surface area contributed by atoms with E-state index in [9.17, 15) is 0 Å². The Morgan fingerprint density at radius 3 is 2.94 bits per heavy atom. The van der Waals surface area contributed by atoms with Crippen LogP contribution in [0.15, 0.2) is 28.7 Å². The first-order valence-corrected chi connectivity index (χ1v) is 5.99. The maximum Gasteiger partial charge on any atom is 0.253 e. The van der Waals surface area contributed by atoms with Crippen LogP contribution in [0.2, 0.25) is 0 Å². The maximum atomic E-state index is 5.60. The van der Waals surface area contributed by atoms with Crippen molar-refractivity contribution in [2.75, 3.05) is 6.54 Å². The van der Waals surface area contributed by atoms with Crippen molar-refractivity contribution in [2.24, 2.45) is 0 Å². The number of nitrogens with one attached hydrogen (secondary N) is 1. The van der Waals surface area contributed by atoms with E-state index in [4.69, 9.17) is 9.15 Å². The maximum absolute atomic E-state index is 5.60. The van der Waals surface area contributed by atoms with Gasteiger partial charge < -0.3 is 14.5 Å². The summed E-state index contributed by atoms with van der Waals surface area (Å²) in [6.07, 6.45) is 0. The van der Waals surface area contributed by atoms with Crippen molar-refractivity contribution >= 4 is 0 Å². The fourth-order valence-electron chi connectivity index (χ4n) is 1.56. The smallest absolute Gasteiger partial charge is 0.253 e. The highest BCUT2D eigenvalue weighted by Gasteiger charge is 2.03. The lowest BCUT2D eigenvalue weighted by Gasteiger charge is -2.06. The van der Waals surface area contributed by atoms with Gasteiger partial charge in [-0.15, -0.1) is 10.2 Å². The molecule has 0 amide bonds. The van der Waals surface area contributed by atoms with E-state index in [2.05, 4.69) is 28.5 Å². The molecule has 0 bridgehead atoms. The molecule has 1 aromatic carbocycles. The molecule has 18 heavy (non-hydrogen) atoms. The van der Waals surface area contributed by atoms with Crippen LogP contribution in [-0.2, 0) is 13.2 Å². The normalized spacial score (nSPS) is 10.6. The minimum absolute atomic E-state index is 0.297. The van der Waals surface area contributed by atoms with Gasteiger partial charge in [0.05, 0.1) is 0 Å². The van der Waals surface area contributed by atoms with E-state index in [1.165, 1.54) is 5.56 Å². The molecular formula is C13H17N3O2. The Kier molecular flexibility index (Phi) is 4.30. The highest BCUT2D eigenvalue weighted by molar-refractivity contribution is 5.28. The van der Waals surface area contributed by atoms with Crippen molar-refractivity contribution in [3.8, 4) is 5.75 Å². The second-order valence-corrected chi connectivity index (χ2v) is 3.93. The van der Waals surface area contributed by atoms with E-state index in [0.29, 0.717) is 18.4 Å². The van der Waals surface area contributed by atoms with Gasteiger partial charge >= 0.3 is 0 Å². The van der Waals surface area contributed by atoms with Gasteiger partial charge in [0.15, 0.2) is 6.61 Å². The number of hydrogen-bond donors (Lipinski definition) is 1. The van der Waals surface area contributed by atoms with Crippen molar-refractivity contribution in [3.63, 3.8) is 0 Å². The predicted octanol–water partition coefficient (Wildman–Crippen LogP) is 2.07. The van der Waals surface area contributed by atoms with Crippen LogP contribution < -0.4 is 10.1 Å². The SMILES string of the molecule is CCNCc1cccc(OCc2nnc(C)o2)c1. The van der Waals surface area contributed by atoms with Crippen LogP contribution in [0.1, 0.15) is 24.3 Å². The third kappa shape index (κ3) is 3.56. The van der Waals surface area contributed by atoms with Gasteiger partial charge in [-0.05, 0) is 24.2 Å². The summed E-state index contributed by atoms with van der Waals surface area (Å²) in [5.41, 5.74) is 1.19. The standard InChI is InChI=1S/C13H17N3O2/c1-3-14-8-11-5-4-6-12(7-11)17-9-13-16-15-10(2)18-13/h4-7,14H,3,8-9H2,1-2H3. The molecule has 0 aliphatic heterocycles. The van der Waals surface area contributed by atoms with Crippen LogP contribution in [0.5, 0.6) is 5.75 Å². The van der Waals surface area contributed by atoms with Crippen LogP contribution in [0, 0.1) is 6.92 Å². The molecule has 1 aromatic heterocycles. The van der Waals surface area contributed by atoms with Crippen LogP contribution in [0.3, 0.4) is 0 Å². The van der Waals surface area contributed by atoms with Crippen molar-refractivity contribution in [2.45, 2.75) is 27.0 Å². The zero-order chi connectivity index (χ0) is 12.8. The van der Waals surface area contributed by atoms with E-state index < -0.39 is 0 Å². The summed E-state index contributed by atoms with van der Waals surface area (Å²) in [6, 6.07) is 7.96. The molecule has 0 saturated heterocycles. The largest absolute Gasteiger partial charge is 0.484 e. The van der Waals surface area contributed by atoms with Gasteiger partial charge in [-0.1, -0.05) is 19.1 Å². The highest BCUT2D eigenvalue weighted by atomic mass is 16.5. The summed E-state index contributed by atoms with van der Waals surface area (Å²) < 4.78 is 10.8. The zero-order valence-corrected chi connectivity index (χ0v) is 10.6. The molecule has 2 aromatic rings. The average molecular weight is 247 g/mol. The number of benzene rings is 1. The van der Waals surface area contributed by atoms with Crippen molar-refractivity contribution in [1.29, 1.82) is 0 Å². The predicted molar refractivity (Wildman–Crippen MR) is 67.2 cm³/mol. The molecule has 5 heteroatoms. The Morgan fingerprint density at radius 2 is 2.22 bits per heavy atom. The molecule has 1 N–H and O–H groups in total. The minimum Gasteiger partial charge on any atom is -0.484 e. The number of aryl methyl sites for hydroxylation is 1. The van der Waals surface area contributed by atoms with E-state index in [1.54, 1.807) is 6.92 Å². The highest BCUT2D eigenvalue weighted by Crippen LogP contribution is 2.14. The second kappa shape index (κ2) is 6.16. The first-order chi connectivity index (χ1) is 8.78.